The van der Waals surface area contributed by atoms with E-state index in [1.54, 1.807) is 0 Å². The Morgan fingerprint density at radius 1 is 1.73 bits per heavy atom. The molecule has 0 bridgehead atoms. The molecule has 2 atom stereocenters. The lowest BCUT2D eigenvalue weighted by atomic mass is 10.2. The Hall–Kier alpha value is -0.770. The van der Waals surface area contributed by atoms with E-state index in [4.69, 9.17) is 4.74 Å². The van der Waals surface area contributed by atoms with E-state index in [0.29, 0.717) is 0 Å². The van der Waals surface area contributed by atoms with Crippen molar-refractivity contribution in [3.8, 4) is 0 Å². The average Bonchev–Trinajstić information content (AvgIpc) is 2.37. The van der Waals surface area contributed by atoms with Gasteiger partial charge in [-0.25, -0.2) is 4.79 Å². The Morgan fingerprint density at radius 3 is 2.91 bits per heavy atom. The Labute approximate surface area is 65.9 Å². The van der Waals surface area contributed by atoms with E-state index in [-0.39, 0.29) is 18.2 Å². The first-order valence-electron chi connectivity index (χ1n) is 3.70. The van der Waals surface area contributed by atoms with E-state index >= 15 is 0 Å². The van der Waals surface area contributed by atoms with Crippen molar-refractivity contribution < 1.29 is 14.3 Å². The Balaban J connectivity index is 2.30. The maximum Gasteiger partial charge on any atom is 0.407 e. The van der Waals surface area contributed by atoms with E-state index in [1.807, 2.05) is 6.92 Å². The number of carbonyl (C=O) groups is 1. The molecule has 0 aromatic rings. The minimum Gasteiger partial charge on any atom is -0.453 e. The van der Waals surface area contributed by atoms with Crippen molar-refractivity contribution in [3.63, 3.8) is 0 Å². The lowest BCUT2D eigenvalue weighted by molar-refractivity contribution is 0.109. The van der Waals surface area contributed by atoms with Gasteiger partial charge in [0.15, 0.2) is 0 Å². The summed E-state index contributed by atoms with van der Waals surface area (Å²) < 4.78 is 9.70. The Morgan fingerprint density at radius 2 is 2.45 bits per heavy atom. The van der Waals surface area contributed by atoms with Gasteiger partial charge in [0.1, 0.15) is 0 Å². The van der Waals surface area contributed by atoms with Crippen LogP contribution < -0.4 is 5.32 Å². The van der Waals surface area contributed by atoms with Gasteiger partial charge in [0.05, 0.1) is 19.3 Å². The molecular weight excluding hydrogens is 146 g/mol. The van der Waals surface area contributed by atoms with Crippen LogP contribution in [0.25, 0.3) is 0 Å². The SMILES string of the molecule is COC(=O)NC1CCOC1C. The predicted octanol–water partition coefficient (Wildman–Crippen LogP) is 0.520. The van der Waals surface area contributed by atoms with Gasteiger partial charge >= 0.3 is 6.09 Å². The van der Waals surface area contributed by atoms with Crippen molar-refractivity contribution in [3.05, 3.63) is 0 Å². The van der Waals surface area contributed by atoms with Crippen LogP contribution in [-0.4, -0.2) is 32.0 Å². The molecule has 1 aliphatic rings. The molecule has 1 saturated heterocycles. The van der Waals surface area contributed by atoms with Crippen molar-refractivity contribution in [2.45, 2.75) is 25.5 Å². The third-order valence-corrected chi connectivity index (χ3v) is 1.86. The highest BCUT2D eigenvalue weighted by Crippen LogP contribution is 2.12. The summed E-state index contributed by atoms with van der Waals surface area (Å²) in [6.45, 7) is 2.66. The van der Waals surface area contributed by atoms with Gasteiger partial charge in [0.2, 0.25) is 0 Å². The number of hydrogen-bond donors (Lipinski definition) is 1. The summed E-state index contributed by atoms with van der Waals surface area (Å²) in [5.41, 5.74) is 0. The minimum atomic E-state index is -0.382. The zero-order valence-corrected chi connectivity index (χ0v) is 6.79. The maximum absolute atomic E-state index is 10.7. The second-order valence-electron chi connectivity index (χ2n) is 2.61. The van der Waals surface area contributed by atoms with Crippen molar-refractivity contribution >= 4 is 6.09 Å². The van der Waals surface area contributed by atoms with Crippen LogP contribution >= 0.6 is 0 Å². The minimum absolute atomic E-state index is 0.106. The fourth-order valence-electron chi connectivity index (χ4n) is 1.13. The van der Waals surface area contributed by atoms with Crippen LogP contribution in [0.4, 0.5) is 4.79 Å². The lowest BCUT2D eigenvalue weighted by Gasteiger charge is -2.14. The van der Waals surface area contributed by atoms with Crippen LogP contribution in [0.1, 0.15) is 13.3 Å². The third-order valence-electron chi connectivity index (χ3n) is 1.86. The molecule has 2 unspecified atom stereocenters. The zero-order chi connectivity index (χ0) is 8.27. The molecule has 0 aromatic carbocycles. The lowest BCUT2D eigenvalue weighted by Crippen LogP contribution is -2.38. The number of nitrogens with one attached hydrogen (secondary N) is 1. The van der Waals surface area contributed by atoms with E-state index < -0.39 is 0 Å². The highest BCUT2D eigenvalue weighted by molar-refractivity contribution is 5.67. The van der Waals surface area contributed by atoms with Gasteiger partial charge in [-0.1, -0.05) is 0 Å². The molecule has 1 heterocycles. The number of alkyl carbamates (subject to hydrolysis) is 1. The first-order valence-corrected chi connectivity index (χ1v) is 3.70. The van der Waals surface area contributed by atoms with Crippen LogP contribution in [0, 0.1) is 0 Å². The van der Waals surface area contributed by atoms with Crippen molar-refractivity contribution in [1.82, 2.24) is 5.32 Å². The maximum atomic E-state index is 10.7. The molecule has 0 radical (unpaired) electrons. The summed E-state index contributed by atoms with van der Waals surface area (Å²) in [5, 5.41) is 2.69. The molecule has 1 aliphatic heterocycles. The van der Waals surface area contributed by atoms with Crippen molar-refractivity contribution in [2.75, 3.05) is 13.7 Å². The van der Waals surface area contributed by atoms with E-state index in [0.717, 1.165) is 13.0 Å². The number of carbonyl (C=O) groups excluding carboxylic acids is 1. The quantitative estimate of drug-likeness (QED) is 0.606. The van der Waals surface area contributed by atoms with Gasteiger partial charge < -0.3 is 14.8 Å². The molecule has 11 heavy (non-hydrogen) atoms. The number of hydrogen-bond acceptors (Lipinski definition) is 3. The highest BCUT2D eigenvalue weighted by atomic mass is 16.5. The Bertz CT molecular complexity index is 149. The van der Waals surface area contributed by atoms with Gasteiger partial charge in [0.25, 0.3) is 0 Å². The summed E-state index contributed by atoms with van der Waals surface area (Å²) >= 11 is 0. The topological polar surface area (TPSA) is 47.6 Å². The summed E-state index contributed by atoms with van der Waals surface area (Å²) in [4.78, 5) is 10.7. The second-order valence-corrected chi connectivity index (χ2v) is 2.61. The van der Waals surface area contributed by atoms with Crippen LogP contribution in [0.15, 0.2) is 0 Å². The molecule has 1 N–H and O–H groups in total. The van der Waals surface area contributed by atoms with E-state index in [9.17, 15) is 4.79 Å². The molecule has 0 aliphatic carbocycles. The predicted molar refractivity (Wildman–Crippen MR) is 39.4 cm³/mol. The van der Waals surface area contributed by atoms with E-state index in [2.05, 4.69) is 10.1 Å². The average molecular weight is 159 g/mol. The number of amides is 1. The molecule has 64 valence electrons. The van der Waals surface area contributed by atoms with Gasteiger partial charge in [-0.05, 0) is 13.3 Å². The fraction of sp³-hybridized carbons (Fsp3) is 0.857. The summed E-state index contributed by atoms with van der Waals surface area (Å²) in [7, 11) is 1.36. The van der Waals surface area contributed by atoms with Crippen molar-refractivity contribution in [1.29, 1.82) is 0 Å². The fourth-order valence-corrected chi connectivity index (χ4v) is 1.13. The van der Waals surface area contributed by atoms with Gasteiger partial charge in [0, 0.05) is 6.61 Å². The van der Waals surface area contributed by atoms with Crippen LogP contribution in [0.2, 0.25) is 0 Å². The van der Waals surface area contributed by atoms with Gasteiger partial charge in [-0.2, -0.15) is 0 Å². The monoisotopic (exact) mass is 159 g/mol. The molecule has 1 rings (SSSR count). The normalized spacial score (nSPS) is 30.0. The largest absolute Gasteiger partial charge is 0.453 e. The Kier molecular flexibility index (Phi) is 2.70. The number of ether oxygens (including phenoxy) is 2. The standard InChI is InChI=1S/C7H13NO3/c1-5-6(3-4-11-5)8-7(9)10-2/h5-6H,3-4H2,1-2H3,(H,8,9). The van der Waals surface area contributed by atoms with Crippen molar-refractivity contribution in [2.24, 2.45) is 0 Å². The summed E-state index contributed by atoms with van der Waals surface area (Å²) in [6, 6.07) is 0.113. The van der Waals surface area contributed by atoms with Gasteiger partial charge in [-0.15, -0.1) is 0 Å². The zero-order valence-electron chi connectivity index (χ0n) is 6.79. The summed E-state index contributed by atoms with van der Waals surface area (Å²) in [6.07, 6.45) is 0.595. The highest BCUT2D eigenvalue weighted by Gasteiger charge is 2.25. The second kappa shape index (κ2) is 3.57. The van der Waals surface area contributed by atoms with Crippen LogP contribution in [0.3, 0.4) is 0 Å². The molecule has 1 fully saturated rings. The molecule has 0 saturated carbocycles. The molecular formula is C7H13NO3. The molecule has 4 heteroatoms. The first-order chi connectivity index (χ1) is 5.24. The molecule has 0 spiro atoms. The third kappa shape index (κ3) is 2.08. The van der Waals surface area contributed by atoms with E-state index in [1.165, 1.54) is 7.11 Å². The smallest absolute Gasteiger partial charge is 0.407 e. The van der Waals surface area contributed by atoms with Crippen LogP contribution in [0.5, 0.6) is 0 Å². The molecule has 4 nitrogen and oxygen atoms in total. The van der Waals surface area contributed by atoms with Crippen LogP contribution in [-0.2, 0) is 9.47 Å². The van der Waals surface area contributed by atoms with Gasteiger partial charge in [-0.3, -0.25) is 0 Å². The summed E-state index contributed by atoms with van der Waals surface area (Å²) in [5.74, 6) is 0. The first kappa shape index (κ1) is 8.33. The number of rotatable bonds is 1. The number of methoxy groups -OCH3 is 1. The molecule has 0 aromatic heterocycles. The molecule has 1 amide bonds.